The Bertz CT molecular complexity index is 613. The van der Waals surface area contributed by atoms with Crippen molar-refractivity contribution in [2.45, 2.75) is 25.8 Å². The molecule has 6 heteroatoms. The smallest absolute Gasteiger partial charge is 0.222 e. The number of imidazole rings is 1. The van der Waals surface area contributed by atoms with Crippen LogP contribution in [0.3, 0.4) is 0 Å². The topological polar surface area (TPSA) is 76.2 Å². The van der Waals surface area contributed by atoms with Crippen LogP contribution < -0.4 is 5.32 Å². The lowest BCUT2D eigenvalue weighted by Crippen LogP contribution is -2.29. The van der Waals surface area contributed by atoms with E-state index < -0.39 is 0 Å². The van der Waals surface area contributed by atoms with Gasteiger partial charge in [-0.3, -0.25) is 4.79 Å². The molecule has 1 aromatic heterocycles. The summed E-state index contributed by atoms with van der Waals surface area (Å²) in [5.41, 5.74) is 2.02. The minimum atomic E-state index is -0.131. The maximum Gasteiger partial charge on any atom is 0.222 e. The molecule has 1 heterocycles. The zero-order chi connectivity index (χ0) is 17.2. The van der Waals surface area contributed by atoms with Crippen LogP contribution in [0.25, 0.3) is 11.3 Å². The summed E-state index contributed by atoms with van der Waals surface area (Å²) in [6.07, 6.45) is 2.89. The van der Waals surface area contributed by atoms with E-state index >= 15 is 0 Å². The van der Waals surface area contributed by atoms with Gasteiger partial charge in [0, 0.05) is 13.5 Å². The largest absolute Gasteiger partial charge is 0.382 e. The monoisotopic (exact) mass is 331 g/mol. The van der Waals surface area contributed by atoms with Gasteiger partial charge in [0.1, 0.15) is 5.82 Å². The molecule has 0 spiro atoms. The summed E-state index contributed by atoms with van der Waals surface area (Å²) >= 11 is 0. The third-order valence-electron chi connectivity index (χ3n) is 3.66. The molecular formula is C18H25N3O3. The number of carbonyl (C=O) groups excluding carboxylic acids is 1. The molecule has 0 aliphatic heterocycles. The van der Waals surface area contributed by atoms with Crippen molar-refractivity contribution in [3.05, 3.63) is 42.4 Å². The van der Waals surface area contributed by atoms with Crippen LogP contribution in [0.2, 0.25) is 0 Å². The number of hydrogen-bond donors (Lipinski definition) is 2. The molecule has 2 rings (SSSR count). The summed E-state index contributed by atoms with van der Waals surface area (Å²) in [6.45, 7) is 3.44. The molecule has 0 aliphatic carbocycles. The van der Waals surface area contributed by atoms with E-state index in [0.717, 1.165) is 23.5 Å². The van der Waals surface area contributed by atoms with Gasteiger partial charge in [-0.25, -0.2) is 4.98 Å². The van der Waals surface area contributed by atoms with Gasteiger partial charge in [0.2, 0.25) is 5.91 Å². The fraction of sp³-hybridized carbons (Fsp3) is 0.444. The molecular weight excluding hydrogens is 306 g/mol. The fourth-order valence-corrected chi connectivity index (χ4v) is 2.32. The lowest BCUT2D eigenvalue weighted by molar-refractivity contribution is -0.123. The number of aromatic amines is 1. The highest BCUT2D eigenvalue weighted by atomic mass is 16.5. The number of benzene rings is 1. The minimum absolute atomic E-state index is 0.0445. The number of rotatable bonds is 10. The van der Waals surface area contributed by atoms with Crippen LogP contribution in [0.1, 0.15) is 31.6 Å². The van der Waals surface area contributed by atoms with Crippen LogP contribution >= 0.6 is 0 Å². The highest BCUT2D eigenvalue weighted by Crippen LogP contribution is 2.20. The first-order chi connectivity index (χ1) is 11.7. The molecule has 0 radical (unpaired) electrons. The summed E-state index contributed by atoms with van der Waals surface area (Å²) < 4.78 is 10.2. The summed E-state index contributed by atoms with van der Waals surface area (Å²) in [5.74, 6) is 0.724. The first-order valence-corrected chi connectivity index (χ1v) is 8.21. The van der Waals surface area contributed by atoms with Crippen LogP contribution in [0.4, 0.5) is 0 Å². The maximum absolute atomic E-state index is 12.0. The van der Waals surface area contributed by atoms with Gasteiger partial charge in [-0.1, -0.05) is 37.3 Å². The Balaban J connectivity index is 1.87. The SMILES string of the molecule is CCC(NC(=O)CCOCCOC)c1ncc(-c2ccccc2)[nH]1. The van der Waals surface area contributed by atoms with Gasteiger partial charge in [0.05, 0.1) is 37.8 Å². The second kappa shape index (κ2) is 9.85. The van der Waals surface area contributed by atoms with E-state index in [1.54, 1.807) is 13.3 Å². The van der Waals surface area contributed by atoms with Gasteiger partial charge < -0.3 is 19.8 Å². The van der Waals surface area contributed by atoms with Crippen LogP contribution in [0.5, 0.6) is 0 Å². The Morgan fingerprint density at radius 1 is 1.25 bits per heavy atom. The number of aromatic nitrogens is 2. The number of nitrogens with zero attached hydrogens (tertiary/aromatic N) is 1. The van der Waals surface area contributed by atoms with Gasteiger partial charge in [-0.05, 0) is 12.0 Å². The van der Waals surface area contributed by atoms with Crippen molar-refractivity contribution < 1.29 is 14.3 Å². The Morgan fingerprint density at radius 3 is 2.75 bits per heavy atom. The van der Waals surface area contributed by atoms with Gasteiger partial charge in [0.15, 0.2) is 0 Å². The number of nitrogens with one attached hydrogen (secondary N) is 2. The first-order valence-electron chi connectivity index (χ1n) is 8.21. The molecule has 0 bridgehead atoms. The van der Waals surface area contributed by atoms with E-state index in [4.69, 9.17) is 9.47 Å². The van der Waals surface area contributed by atoms with Crippen LogP contribution in [0.15, 0.2) is 36.5 Å². The zero-order valence-corrected chi connectivity index (χ0v) is 14.2. The quantitative estimate of drug-likeness (QED) is 0.656. The third-order valence-corrected chi connectivity index (χ3v) is 3.66. The Kier molecular flexibility index (Phi) is 7.45. The Hall–Kier alpha value is -2.18. The van der Waals surface area contributed by atoms with Crippen molar-refractivity contribution >= 4 is 5.91 Å². The van der Waals surface area contributed by atoms with E-state index in [1.165, 1.54) is 0 Å². The molecule has 2 N–H and O–H groups in total. The van der Waals surface area contributed by atoms with Crippen molar-refractivity contribution in [3.63, 3.8) is 0 Å². The molecule has 1 unspecified atom stereocenters. The maximum atomic E-state index is 12.0. The highest BCUT2D eigenvalue weighted by molar-refractivity contribution is 5.76. The zero-order valence-electron chi connectivity index (χ0n) is 14.2. The van der Waals surface area contributed by atoms with E-state index in [-0.39, 0.29) is 11.9 Å². The van der Waals surface area contributed by atoms with E-state index in [2.05, 4.69) is 15.3 Å². The predicted molar refractivity (Wildman–Crippen MR) is 92.5 cm³/mol. The molecule has 0 saturated carbocycles. The van der Waals surface area contributed by atoms with Crippen molar-refractivity contribution in [3.8, 4) is 11.3 Å². The normalized spacial score (nSPS) is 12.1. The second-order valence-electron chi connectivity index (χ2n) is 5.43. The van der Waals surface area contributed by atoms with Crippen molar-refractivity contribution in [1.29, 1.82) is 0 Å². The molecule has 24 heavy (non-hydrogen) atoms. The fourth-order valence-electron chi connectivity index (χ4n) is 2.32. The van der Waals surface area contributed by atoms with Gasteiger partial charge in [-0.2, -0.15) is 0 Å². The third kappa shape index (κ3) is 5.47. The second-order valence-corrected chi connectivity index (χ2v) is 5.43. The molecule has 1 aromatic carbocycles. The number of amides is 1. The van der Waals surface area contributed by atoms with E-state index in [1.807, 2.05) is 37.3 Å². The van der Waals surface area contributed by atoms with Crippen LogP contribution in [-0.4, -0.2) is 42.8 Å². The highest BCUT2D eigenvalue weighted by Gasteiger charge is 2.16. The summed E-state index contributed by atoms with van der Waals surface area (Å²) in [7, 11) is 1.62. The van der Waals surface area contributed by atoms with E-state index in [9.17, 15) is 4.79 Å². The molecule has 2 aromatic rings. The summed E-state index contributed by atoms with van der Waals surface area (Å²) in [5, 5.41) is 2.99. The standard InChI is InChI=1S/C18H25N3O3/c1-3-15(20-17(22)9-10-24-12-11-23-2)18-19-13-16(21-18)14-7-5-4-6-8-14/h4-8,13,15H,3,9-12H2,1-2H3,(H,19,21)(H,20,22). The molecule has 0 aliphatic rings. The van der Waals surface area contributed by atoms with Gasteiger partial charge in [0.25, 0.3) is 0 Å². The number of ether oxygens (including phenoxy) is 2. The predicted octanol–water partition coefficient (Wildman–Crippen LogP) is 2.70. The average molecular weight is 331 g/mol. The Labute approximate surface area is 142 Å². The van der Waals surface area contributed by atoms with Gasteiger partial charge >= 0.3 is 0 Å². The minimum Gasteiger partial charge on any atom is -0.382 e. The van der Waals surface area contributed by atoms with Crippen molar-refractivity contribution in [2.75, 3.05) is 26.9 Å². The van der Waals surface area contributed by atoms with Crippen LogP contribution in [-0.2, 0) is 14.3 Å². The molecule has 0 fully saturated rings. The van der Waals surface area contributed by atoms with Crippen LogP contribution in [0, 0.1) is 0 Å². The number of methoxy groups -OCH3 is 1. The molecule has 1 amide bonds. The number of H-pyrrole nitrogens is 1. The summed E-state index contributed by atoms with van der Waals surface area (Å²) in [4.78, 5) is 19.7. The van der Waals surface area contributed by atoms with E-state index in [0.29, 0.717) is 26.2 Å². The molecule has 6 nitrogen and oxygen atoms in total. The van der Waals surface area contributed by atoms with Crippen molar-refractivity contribution in [2.24, 2.45) is 0 Å². The molecule has 130 valence electrons. The summed E-state index contributed by atoms with van der Waals surface area (Å²) in [6, 6.07) is 9.86. The lowest BCUT2D eigenvalue weighted by atomic mass is 10.2. The lowest BCUT2D eigenvalue weighted by Gasteiger charge is -2.14. The molecule has 0 saturated heterocycles. The first kappa shape index (κ1) is 18.2. The Morgan fingerprint density at radius 2 is 2.04 bits per heavy atom. The van der Waals surface area contributed by atoms with Crippen molar-refractivity contribution in [1.82, 2.24) is 15.3 Å². The number of hydrogen-bond acceptors (Lipinski definition) is 4. The molecule has 1 atom stereocenters. The average Bonchev–Trinajstić information content (AvgIpc) is 3.10. The van der Waals surface area contributed by atoms with Gasteiger partial charge in [-0.15, -0.1) is 0 Å². The number of carbonyl (C=O) groups is 1.